The minimum absolute atomic E-state index is 0.261. The molecule has 1 saturated heterocycles. The smallest absolute Gasteiger partial charge is 0.235 e. The Morgan fingerprint density at radius 1 is 1.38 bits per heavy atom. The van der Waals surface area contributed by atoms with Gasteiger partial charge < -0.3 is 0 Å². The molecule has 0 amide bonds. The first kappa shape index (κ1) is 9.76. The Balaban J connectivity index is 1.54. The summed E-state index contributed by atoms with van der Waals surface area (Å²) in [6.45, 7) is 3.18. The Morgan fingerprint density at radius 2 is 2.12 bits per heavy atom. The SMILES string of the molecule is O=C=NC1CC12CN(Cc1ccccc1)C2. The van der Waals surface area contributed by atoms with Gasteiger partial charge in [-0.25, -0.2) is 9.79 Å². The molecule has 1 aromatic rings. The van der Waals surface area contributed by atoms with Gasteiger partial charge >= 0.3 is 0 Å². The molecular weight excluding hydrogens is 200 g/mol. The maximum absolute atomic E-state index is 10.2. The lowest BCUT2D eigenvalue weighted by atomic mass is 9.95. The van der Waals surface area contributed by atoms with E-state index in [9.17, 15) is 4.79 Å². The van der Waals surface area contributed by atoms with Crippen LogP contribution < -0.4 is 0 Å². The van der Waals surface area contributed by atoms with E-state index in [-0.39, 0.29) is 6.04 Å². The minimum Gasteiger partial charge on any atom is -0.298 e. The maximum atomic E-state index is 10.2. The summed E-state index contributed by atoms with van der Waals surface area (Å²) in [6, 6.07) is 10.7. The summed E-state index contributed by atoms with van der Waals surface area (Å²) in [4.78, 5) is 16.4. The summed E-state index contributed by atoms with van der Waals surface area (Å²) in [6.07, 6.45) is 2.75. The molecule has 0 aromatic heterocycles. The standard InChI is InChI=1S/C13H14N2O/c16-10-14-12-6-13(12)8-15(9-13)7-11-4-2-1-3-5-11/h1-5,12H,6-9H2. The third kappa shape index (κ3) is 1.58. The van der Waals surface area contributed by atoms with E-state index in [0.29, 0.717) is 5.41 Å². The van der Waals surface area contributed by atoms with Crippen LogP contribution in [0.25, 0.3) is 0 Å². The molecule has 0 bridgehead atoms. The van der Waals surface area contributed by atoms with Crippen molar-refractivity contribution in [1.29, 1.82) is 0 Å². The van der Waals surface area contributed by atoms with Gasteiger partial charge in [-0.3, -0.25) is 4.90 Å². The molecule has 3 nitrogen and oxygen atoms in total. The molecule has 1 aliphatic heterocycles. The Morgan fingerprint density at radius 3 is 2.81 bits per heavy atom. The predicted molar refractivity (Wildman–Crippen MR) is 60.7 cm³/mol. The molecule has 16 heavy (non-hydrogen) atoms. The number of aliphatic imine (C=N–C) groups is 1. The summed E-state index contributed by atoms with van der Waals surface area (Å²) in [5.74, 6) is 0. The normalized spacial score (nSPS) is 25.9. The Bertz CT molecular complexity index is 431. The molecule has 1 unspecified atom stereocenters. The van der Waals surface area contributed by atoms with Crippen molar-refractivity contribution in [3.63, 3.8) is 0 Å². The number of likely N-dealkylation sites (tertiary alicyclic amines) is 1. The number of hydrogen-bond donors (Lipinski definition) is 0. The van der Waals surface area contributed by atoms with Gasteiger partial charge in [0.15, 0.2) is 0 Å². The van der Waals surface area contributed by atoms with E-state index >= 15 is 0 Å². The first-order valence-electron chi connectivity index (χ1n) is 5.66. The van der Waals surface area contributed by atoms with Crippen molar-refractivity contribution in [3.05, 3.63) is 35.9 Å². The molecule has 1 spiro atoms. The van der Waals surface area contributed by atoms with Crippen molar-refractivity contribution in [2.24, 2.45) is 10.4 Å². The summed E-state index contributed by atoms with van der Waals surface area (Å²) < 4.78 is 0. The molecule has 82 valence electrons. The predicted octanol–water partition coefficient (Wildman–Crippen LogP) is 1.60. The average Bonchev–Trinajstić information content (AvgIpc) is 2.94. The highest BCUT2D eigenvalue weighted by Crippen LogP contribution is 2.55. The zero-order valence-corrected chi connectivity index (χ0v) is 9.10. The van der Waals surface area contributed by atoms with Crippen LogP contribution in [0.2, 0.25) is 0 Å². The van der Waals surface area contributed by atoms with Gasteiger partial charge in [0.25, 0.3) is 0 Å². The molecule has 1 aromatic carbocycles. The van der Waals surface area contributed by atoms with Crippen LogP contribution in [-0.4, -0.2) is 30.1 Å². The topological polar surface area (TPSA) is 32.7 Å². The fourth-order valence-corrected chi connectivity index (χ4v) is 2.71. The van der Waals surface area contributed by atoms with Gasteiger partial charge in [0.05, 0.1) is 6.04 Å². The molecule has 1 heterocycles. The summed E-state index contributed by atoms with van der Waals surface area (Å²) >= 11 is 0. The van der Waals surface area contributed by atoms with Gasteiger partial charge in [0.1, 0.15) is 0 Å². The maximum Gasteiger partial charge on any atom is 0.235 e. The molecule has 1 saturated carbocycles. The number of isocyanates is 1. The lowest BCUT2D eigenvalue weighted by Crippen LogP contribution is -2.49. The quantitative estimate of drug-likeness (QED) is 0.565. The Labute approximate surface area is 94.8 Å². The number of benzene rings is 1. The van der Waals surface area contributed by atoms with Crippen molar-refractivity contribution < 1.29 is 4.79 Å². The molecule has 0 N–H and O–H groups in total. The van der Waals surface area contributed by atoms with E-state index in [2.05, 4.69) is 34.2 Å². The summed E-state index contributed by atoms with van der Waals surface area (Å²) in [5.41, 5.74) is 1.69. The molecule has 2 fully saturated rings. The molecule has 1 aliphatic carbocycles. The van der Waals surface area contributed by atoms with Crippen molar-refractivity contribution in [2.45, 2.75) is 19.0 Å². The molecule has 2 aliphatic rings. The highest BCUT2D eigenvalue weighted by Gasteiger charge is 2.61. The summed E-state index contributed by atoms with van der Waals surface area (Å²) in [5, 5.41) is 0. The first-order chi connectivity index (χ1) is 7.82. The Hall–Kier alpha value is -1.44. The van der Waals surface area contributed by atoms with Crippen molar-refractivity contribution in [3.8, 4) is 0 Å². The van der Waals surface area contributed by atoms with Gasteiger partial charge in [0.2, 0.25) is 6.08 Å². The number of carbonyl (C=O) groups excluding carboxylic acids is 1. The van der Waals surface area contributed by atoms with E-state index < -0.39 is 0 Å². The molecule has 3 rings (SSSR count). The second kappa shape index (κ2) is 3.55. The van der Waals surface area contributed by atoms with Gasteiger partial charge in [-0.15, -0.1) is 0 Å². The van der Waals surface area contributed by atoms with E-state index in [1.165, 1.54) is 5.56 Å². The lowest BCUT2D eigenvalue weighted by molar-refractivity contribution is 0.0698. The monoisotopic (exact) mass is 214 g/mol. The van der Waals surface area contributed by atoms with E-state index in [1.807, 2.05) is 6.07 Å². The molecular formula is C13H14N2O. The van der Waals surface area contributed by atoms with Gasteiger partial charge in [-0.2, -0.15) is 0 Å². The lowest BCUT2D eigenvalue weighted by Gasteiger charge is -2.40. The molecule has 0 radical (unpaired) electrons. The minimum atomic E-state index is 0.261. The average molecular weight is 214 g/mol. The second-order valence-corrected chi connectivity index (χ2v) is 4.93. The van der Waals surface area contributed by atoms with Crippen LogP contribution in [0.3, 0.4) is 0 Å². The van der Waals surface area contributed by atoms with Crippen LogP contribution in [0.5, 0.6) is 0 Å². The van der Waals surface area contributed by atoms with Crippen LogP contribution in [0.1, 0.15) is 12.0 Å². The van der Waals surface area contributed by atoms with Gasteiger partial charge in [0, 0.05) is 25.0 Å². The highest BCUT2D eigenvalue weighted by atomic mass is 16.1. The third-order valence-electron chi connectivity index (χ3n) is 3.68. The van der Waals surface area contributed by atoms with Crippen molar-refractivity contribution >= 4 is 6.08 Å². The zero-order chi connectivity index (χ0) is 11.0. The van der Waals surface area contributed by atoms with Gasteiger partial charge in [-0.05, 0) is 12.0 Å². The van der Waals surface area contributed by atoms with Crippen molar-refractivity contribution in [2.75, 3.05) is 13.1 Å². The van der Waals surface area contributed by atoms with E-state index in [0.717, 1.165) is 26.1 Å². The number of nitrogens with zero attached hydrogens (tertiary/aromatic N) is 2. The van der Waals surface area contributed by atoms with Crippen LogP contribution in [0.4, 0.5) is 0 Å². The fourth-order valence-electron chi connectivity index (χ4n) is 2.71. The van der Waals surface area contributed by atoms with Crippen LogP contribution in [0, 0.1) is 5.41 Å². The van der Waals surface area contributed by atoms with Gasteiger partial charge in [-0.1, -0.05) is 30.3 Å². The van der Waals surface area contributed by atoms with Crippen molar-refractivity contribution in [1.82, 2.24) is 4.90 Å². The highest BCUT2D eigenvalue weighted by molar-refractivity contribution is 5.36. The third-order valence-corrected chi connectivity index (χ3v) is 3.68. The fraction of sp³-hybridized carbons (Fsp3) is 0.462. The number of hydrogen-bond acceptors (Lipinski definition) is 3. The van der Waals surface area contributed by atoms with Crippen LogP contribution in [0.15, 0.2) is 35.3 Å². The zero-order valence-electron chi connectivity index (χ0n) is 9.10. The molecule has 3 heteroatoms. The van der Waals surface area contributed by atoms with Crippen LogP contribution in [-0.2, 0) is 11.3 Å². The number of rotatable bonds is 3. The van der Waals surface area contributed by atoms with E-state index in [4.69, 9.17) is 0 Å². The first-order valence-corrected chi connectivity index (χ1v) is 5.66. The van der Waals surface area contributed by atoms with Crippen LogP contribution >= 0.6 is 0 Å². The Kier molecular flexibility index (Phi) is 2.16. The summed E-state index contributed by atoms with van der Waals surface area (Å²) in [7, 11) is 0. The molecule has 1 atom stereocenters. The second-order valence-electron chi connectivity index (χ2n) is 4.93. The largest absolute Gasteiger partial charge is 0.298 e. The van der Waals surface area contributed by atoms with E-state index in [1.54, 1.807) is 6.08 Å².